The molecule has 0 aliphatic heterocycles. The van der Waals surface area contributed by atoms with Crippen LogP contribution in [-0.2, 0) is 16.0 Å². The number of hydrogen-bond donors (Lipinski definition) is 2. The molecule has 0 saturated heterocycles. The minimum absolute atomic E-state index is 0.121. The first-order valence-electron chi connectivity index (χ1n) is 10.2. The van der Waals surface area contributed by atoms with Gasteiger partial charge in [0.15, 0.2) is 0 Å². The van der Waals surface area contributed by atoms with Crippen LogP contribution < -0.4 is 5.56 Å². The number of ether oxygens (including phenoxy) is 2. The molecule has 0 aliphatic carbocycles. The molecule has 0 amide bonds. The average molecular weight is 440 g/mol. The molecule has 0 radical (unpaired) electrons. The number of carbonyl (C=O) groups is 1. The van der Waals surface area contributed by atoms with Gasteiger partial charge in [0.25, 0.3) is 5.56 Å². The fraction of sp³-hybridized carbons (Fsp3) is 0.667. The minimum Gasteiger partial charge on any atom is -0.462 e. The summed E-state index contributed by atoms with van der Waals surface area (Å²) in [5, 5.41) is 10.8. The minimum atomic E-state index is -0.665. The van der Waals surface area contributed by atoms with E-state index >= 15 is 0 Å². The van der Waals surface area contributed by atoms with Crippen molar-refractivity contribution in [1.29, 1.82) is 0 Å². The number of nitrogens with one attached hydrogen (secondary N) is 1. The number of esters is 1. The molecule has 8 nitrogen and oxygen atoms in total. The van der Waals surface area contributed by atoms with Gasteiger partial charge in [0, 0.05) is 12.6 Å². The Morgan fingerprint density at radius 1 is 1.33 bits per heavy atom. The maximum Gasteiger partial charge on any atom is 0.348 e. The summed E-state index contributed by atoms with van der Waals surface area (Å²) in [6.45, 7) is 14.6. The summed E-state index contributed by atoms with van der Waals surface area (Å²) in [7, 11) is 0. The summed E-state index contributed by atoms with van der Waals surface area (Å²) in [6, 6.07) is 0.121. The number of thiophene rings is 1. The second-order valence-corrected chi connectivity index (χ2v) is 9.57. The predicted molar refractivity (Wildman–Crippen MR) is 118 cm³/mol. The van der Waals surface area contributed by atoms with Gasteiger partial charge in [0.1, 0.15) is 15.5 Å². The van der Waals surface area contributed by atoms with E-state index in [1.807, 2.05) is 39.5 Å². The molecule has 168 valence electrons. The Balaban J connectivity index is 2.23. The number of hydrogen-bond acceptors (Lipinski definition) is 8. The van der Waals surface area contributed by atoms with Gasteiger partial charge in [-0.05, 0) is 54.0 Å². The number of H-pyrrole nitrogens is 1. The Morgan fingerprint density at radius 3 is 2.57 bits per heavy atom. The van der Waals surface area contributed by atoms with E-state index in [1.165, 1.54) is 11.3 Å². The molecule has 2 rings (SSSR count). The van der Waals surface area contributed by atoms with Crippen molar-refractivity contribution in [3.05, 3.63) is 26.6 Å². The standard InChI is InChI=1S/C21H33N3O5S/c1-8-28-20(27)17-13(4)16-18(26)22-15(23-19(16)30-17)10-24(12(2)3)9-14(25)11-29-21(5,6)7/h12,14,25H,8-11H2,1-7H3,(H,22,23,26). The lowest BCUT2D eigenvalue weighted by molar-refractivity contribution is -0.0588. The summed E-state index contributed by atoms with van der Waals surface area (Å²) < 4.78 is 10.7. The zero-order valence-corrected chi connectivity index (χ0v) is 19.7. The molecule has 0 fully saturated rings. The number of nitrogens with zero attached hydrogens (tertiary/aromatic N) is 2. The van der Waals surface area contributed by atoms with Crippen molar-refractivity contribution in [3.63, 3.8) is 0 Å². The number of rotatable bonds is 9. The third-order valence-corrected chi connectivity index (χ3v) is 5.71. The zero-order valence-electron chi connectivity index (χ0n) is 18.9. The summed E-state index contributed by atoms with van der Waals surface area (Å²) in [5.41, 5.74) is -0.0152. The summed E-state index contributed by atoms with van der Waals surface area (Å²) >= 11 is 1.17. The first-order chi connectivity index (χ1) is 13.9. The van der Waals surface area contributed by atoms with Crippen LogP contribution >= 0.6 is 11.3 Å². The molecule has 2 heterocycles. The lowest BCUT2D eigenvalue weighted by Gasteiger charge is -2.29. The monoisotopic (exact) mass is 439 g/mol. The van der Waals surface area contributed by atoms with E-state index in [0.29, 0.717) is 39.6 Å². The Hall–Kier alpha value is -1.81. The van der Waals surface area contributed by atoms with Gasteiger partial charge in [-0.2, -0.15) is 0 Å². The van der Waals surface area contributed by atoms with Crippen molar-refractivity contribution in [2.75, 3.05) is 19.8 Å². The molecule has 30 heavy (non-hydrogen) atoms. The van der Waals surface area contributed by atoms with Crippen molar-refractivity contribution < 1.29 is 19.4 Å². The lowest BCUT2D eigenvalue weighted by atomic mass is 10.2. The molecule has 1 atom stereocenters. The first kappa shape index (κ1) is 24.5. The summed E-state index contributed by atoms with van der Waals surface area (Å²) in [5.74, 6) is 0.0477. The summed E-state index contributed by atoms with van der Waals surface area (Å²) in [6.07, 6.45) is -0.665. The molecule has 2 aromatic rings. The fourth-order valence-electron chi connectivity index (χ4n) is 2.97. The van der Waals surface area contributed by atoms with Gasteiger partial charge < -0.3 is 19.6 Å². The van der Waals surface area contributed by atoms with E-state index in [-0.39, 0.29) is 30.4 Å². The first-order valence-corrected chi connectivity index (χ1v) is 11.0. The molecule has 2 N–H and O–H groups in total. The number of aryl methyl sites for hydroxylation is 1. The number of aliphatic hydroxyl groups is 1. The SMILES string of the molecule is CCOC(=O)c1sc2nc(CN(CC(O)COC(C)(C)C)C(C)C)[nH]c(=O)c2c1C. The van der Waals surface area contributed by atoms with Crippen LogP contribution in [0.1, 0.15) is 62.6 Å². The van der Waals surface area contributed by atoms with Gasteiger partial charge in [0.05, 0.1) is 36.8 Å². The predicted octanol–water partition coefficient (Wildman–Crippen LogP) is 2.86. The largest absolute Gasteiger partial charge is 0.462 e. The highest BCUT2D eigenvalue weighted by Crippen LogP contribution is 2.27. The van der Waals surface area contributed by atoms with Crippen LogP contribution in [0.4, 0.5) is 0 Å². The van der Waals surface area contributed by atoms with Gasteiger partial charge in [0.2, 0.25) is 0 Å². The highest BCUT2D eigenvalue weighted by molar-refractivity contribution is 7.20. The van der Waals surface area contributed by atoms with Gasteiger partial charge in [-0.1, -0.05) is 0 Å². The molecular weight excluding hydrogens is 406 g/mol. The third kappa shape index (κ3) is 6.34. The highest BCUT2D eigenvalue weighted by atomic mass is 32.1. The van der Waals surface area contributed by atoms with E-state index in [0.717, 1.165) is 0 Å². The number of aliphatic hydroxyl groups excluding tert-OH is 1. The quantitative estimate of drug-likeness (QED) is 0.579. The Bertz CT molecular complexity index is 929. The topological polar surface area (TPSA) is 105 Å². The molecule has 9 heteroatoms. The van der Waals surface area contributed by atoms with Gasteiger partial charge >= 0.3 is 5.97 Å². The average Bonchev–Trinajstić information content (AvgIpc) is 2.96. The van der Waals surface area contributed by atoms with E-state index in [9.17, 15) is 14.7 Å². The van der Waals surface area contributed by atoms with Crippen molar-refractivity contribution in [2.45, 2.75) is 72.8 Å². The summed E-state index contributed by atoms with van der Waals surface area (Å²) in [4.78, 5) is 35.2. The second kappa shape index (κ2) is 10.00. The van der Waals surface area contributed by atoms with E-state index in [4.69, 9.17) is 9.47 Å². The molecule has 0 bridgehead atoms. The van der Waals surface area contributed by atoms with Crippen molar-refractivity contribution >= 4 is 27.5 Å². The number of aromatic amines is 1. The van der Waals surface area contributed by atoms with E-state index in [2.05, 4.69) is 9.97 Å². The number of fused-ring (bicyclic) bond motifs is 1. The van der Waals surface area contributed by atoms with Crippen LogP contribution in [0, 0.1) is 6.92 Å². The van der Waals surface area contributed by atoms with Crippen LogP contribution in [0.3, 0.4) is 0 Å². The molecular formula is C21H33N3O5S. The number of carbonyl (C=O) groups excluding carboxylic acids is 1. The second-order valence-electron chi connectivity index (χ2n) is 8.57. The van der Waals surface area contributed by atoms with Crippen LogP contribution in [0.25, 0.3) is 10.2 Å². The molecule has 0 aliphatic rings. The van der Waals surface area contributed by atoms with Gasteiger partial charge in [-0.3, -0.25) is 9.69 Å². The third-order valence-electron chi connectivity index (χ3n) is 4.55. The van der Waals surface area contributed by atoms with Crippen LogP contribution in [-0.4, -0.2) is 63.4 Å². The molecule has 1 unspecified atom stereocenters. The molecule has 0 saturated carbocycles. The number of aromatic nitrogens is 2. The fourth-order valence-corrected chi connectivity index (χ4v) is 4.07. The Labute approximate surface area is 181 Å². The molecule has 2 aromatic heterocycles. The maximum atomic E-state index is 12.7. The molecule has 0 aromatic carbocycles. The highest BCUT2D eigenvalue weighted by Gasteiger charge is 2.22. The van der Waals surface area contributed by atoms with Crippen molar-refractivity contribution in [3.8, 4) is 0 Å². The van der Waals surface area contributed by atoms with Crippen molar-refractivity contribution in [1.82, 2.24) is 14.9 Å². The maximum absolute atomic E-state index is 12.7. The lowest BCUT2D eigenvalue weighted by Crippen LogP contribution is -2.40. The van der Waals surface area contributed by atoms with Crippen molar-refractivity contribution in [2.24, 2.45) is 0 Å². The van der Waals surface area contributed by atoms with Crippen LogP contribution in [0.2, 0.25) is 0 Å². The van der Waals surface area contributed by atoms with Gasteiger partial charge in [-0.15, -0.1) is 11.3 Å². The van der Waals surface area contributed by atoms with Gasteiger partial charge in [-0.25, -0.2) is 9.78 Å². The Kier molecular flexibility index (Phi) is 8.15. The van der Waals surface area contributed by atoms with Crippen LogP contribution in [0.15, 0.2) is 4.79 Å². The Morgan fingerprint density at radius 2 is 2.00 bits per heavy atom. The van der Waals surface area contributed by atoms with Crippen LogP contribution in [0.5, 0.6) is 0 Å². The normalized spacial score (nSPS) is 13.4. The molecule has 0 spiro atoms. The van der Waals surface area contributed by atoms with E-state index in [1.54, 1.807) is 13.8 Å². The van der Waals surface area contributed by atoms with E-state index < -0.39 is 12.1 Å². The zero-order chi connectivity index (χ0) is 22.6. The smallest absolute Gasteiger partial charge is 0.348 e.